The lowest BCUT2D eigenvalue weighted by Gasteiger charge is -2.28. The Kier molecular flexibility index (Phi) is 7.69. The van der Waals surface area contributed by atoms with Gasteiger partial charge in [-0.05, 0) is 52.0 Å². The molecule has 0 radical (unpaired) electrons. The first-order valence-electron chi connectivity index (χ1n) is 11.3. The van der Waals surface area contributed by atoms with Crippen LogP contribution in [0.2, 0.25) is 20.1 Å². The summed E-state index contributed by atoms with van der Waals surface area (Å²) in [6.07, 6.45) is 4.41. The van der Waals surface area contributed by atoms with Gasteiger partial charge < -0.3 is 9.47 Å². The molecule has 0 spiro atoms. The molecule has 2 unspecified atom stereocenters. The van der Waals surface area contributed by atoms with E-state index in [0.29, 0.717) is 31.2 Å². The van der Waals surface area contributed by atoms with Crippen LogP contribution in [0.5, 0.6) is 0 Å². The molecule has 0 N–H and O–H groups in total. The summed E-state index contributed by atoms with van der Waals surface area (Å²) in [6.45, 7) is 8.28. The fourth-order valence-corrected chi connectivity index (χ4v) is 5.68. The molecule has 4 rings (SSSR count). The topological polar surface area (TPSA) is 43.2 Å². The summed E-state index contributed by atoms with van der Waals surface area (Å²) in [5, 5.41) is 2.23. The van der Waals surface area contributed by atoms with Crippen LogP contribution in [0.4, 0.5) is 0 Å². The third-order valence-corrected chi connectivity index (χ3v) is 7.50. The summed E-state index contributed by atoms with van der Waals surface area (Å²) in [5.41, 5.74) is 0.690. The molecule has 2 aliphatic rings. The van der Waals surface area contributed by atoms with E-state index in [4.69, 9.17) is 65.9 Å². The molecule has 0 aliphatic carbocycles. The van der Waals surface area contributed by atoms with Gasteiger partial charge in [-0.3, -0.25) is 9.98 Å². The van der Waals surface area contributed by atoms with Gasteiger partial charge in [-0.1, -0.05) is 58.5 Å². The van der Waals surface area contributed by atoms with Crippen LogP contribution in [0.3, 0.4) is 0 Å². The van der Waals surface area contributed by atoms with Gasteiger partial charge in [-0.25, -0.2) is 0 Å². The molecule has 2 aromatic carbocycles. The van der Waals surface area contributed by atoms with Gasteiger partial charge in [-0.15, -0.1) is 0 Å². The van der Waals surface area contributed by atoms with Crippen molar-refractivity contribution in [3.63, 3.8) is 0 Å². The highest BCUT2D eigenvalue weighted by Crippen LogP contribution is 2.42. The molecule has 2 aliphatic heterocycles. The zero-order chi connectivity index (χ0) is 24.7. The van der Waals surface area contributed by atoms with E-state index in [0.717, 1.165) is 12.8 Å². The van der Waals surface area contributed by atoms with E-state index >= 15 is 0 Å². The molecule has 0 aromatic heterocycles. The largest absolute Gasteiger partial charge is 0.367 e. The molecule has 2 heterocycles. The minimum atomic E-state index is -0.354. The number of rotatable bonds is 5. The number of hydrogen-bond donors (Lipinski definition) is 0. The molecule has 4 atom stereocenters. The fraction of sp³-hybridized carbons (Fsp3) is 0.462. The van der Waals surface area contributed by atoms with Crippen molar-refractivity contribution in [3.05, 3.63) is 67.6 Å². The average molecular weight is 542 g/mol. The van der Waals surface area contributed by atoms with E-state index < -0.39 is 0 Å². The minimum absolute atomic E-state index is 0.136. The van der Waals surface area contributed by atoms with Crippen LogP contribution in [0, 0.1) is 0 Å². The number of hydrogen-bond acceptors (Lipinski definition) is 4. The van der Waals surface area contributed by atoms with E-state index in [1.807, 2.05) is 12.1 Å². The van der Waals surface area contributed by atoms with Crippen molar-refractivity contribution in [3.8, 4) is 0 Å². The fourth-order valence-electron chi connectivity index (χ4n) is 4.69. The molecule has 34 heavy (non-hydrogen) atoms. The second-order valence-corrected chi connectivity index (χ2v) is 11.7. The van der Waals surface area contributed by atoms with E-state index in [1.54, 1.807) is 36.7 Å². The van der Waals surface area contributed by atoms with Gasteiger partial charge in [0.2, 0.25) is 0 Å². The highest BCUT2D eigenvalue weighted by molar-refractivity contribution is 6.39. The molecule has 182 valence electrons. The second kappa shape index (κ2) is 10.1. The van der Waals surface area contributed by atoms with Crippen molar-refractivity contribution in [2.75, 3.05) is 0 Å². The standard InChI is InChI=1S/C26H28Cl4N2O2/c1-25(2)11-21(31-13-15-17(27)7-5-8-18(15)28)23(33-25)24-22(12-26(3,4)34-24)32-14-16-19(29)9-6-10-20(16)30/h5-10,13-14,21-24H,11-12H2,1-4H3/t21?,22?,23-,24-/m1/s1. The van der Waals surface area contributed by atoms with Crippen molar-refractivity contribution >= 4 is 58.8 Å². The lowest BCUT2D eigenvalue weighted by Crippen LogP contribution is -2.40. The number of nitrogens with zero attached hydrogens (tertiary/aromatic N) is 2. The summed E-state index contributed by atoms with van der Waals surface area (Å²) in [6, 6.07) is 10.6. The Morgan fingerprint density at radius 2 is 1.00 bits per heavy atom. The predicted molar refractivity (Wildman–Crippen MR) is 143 cm³/mol. The van der Waals surface area contributed by atoms with Gasteiger partial charge >= 0.3 is 0 Å². The first kappa shape index (κ1) is 25.9. The van der Waals surface area contributed by atoms with Crippen LogP contribution in [-0.2, 0) is 9.47 Å². The van der Waals surface area contributed by atoms with Crippen LogP contribution in [-0.4, -0.2) is 47.9 Å². The molecule has 8 heteroatoms. The molecule has 2 saturated heterocycles. The molecule has 0 saturated carbocycles. The molecule has 0 bridgehead atoms. The molecule has 2 aromatic rings. The Balaban J connectivity index is 1.63. The predicted octanol–water partition coefficient (Wildman–Crippen LogP) is 7.71. The van der Waals surface area contributed by atoms with Crippen molar-refractivity contribution in [1.29, 1.82) is 0 Å². The van der Waals surface area contributed by atoms with Gasteiger partial charge in [0.1, 0.15) is 12.2 Å². The quantitative estimate of drug-likeness (QED) is 0.364. The number of benzene rings is 2. The molecular formula is C26H28Cl4N2O2. The normalized spacial score (nSPS) is 28.4. The Labute approximate surface area is 221 Å². The monoisotopic (exact) mass is 540 g/mol. The highest BCUT2D eigenvalue weighted by Gasteiger charge is 2.52. The Bertz CT molecular complexity index is 988. The van der Waals surface area contributed by atoms with Crippen LogP contribution >= 0.6 is 46.4 Å². The Morgan fingerprint density at radius 1 is 0.676 bits per heavy atom. The molecule has 0 amide bonds. The zero-order valence-electron chi connectivity index (χ0n) is 19.6. The highest BCUT2D eigenvalue weighted by atomic mass is 35.5. The van der Waals surface area contributed by atoms with E-state index in [9.17, 15) is 0 Å². The summed E-state index contributed by atoms with van der Waals surface area (Å²) in [5.74, 6) is 0. The van der Waals surface area contributed by atoms with Crippen molar-refractivity contribution < 1.29 is 9.47 Å². The Hall–Kier alpha value is -1.14. The lowest BCUT2D eigenvalue weighted by molar-refractivity contribution is -0.114. The lowest BCUT2D eigenvalue weighted by atomic mass is 9.94. The van der Waals surface area contributed by atoms with Crippen LogP contribution in [0.1, 0.15) is 51.7 Å². The third-order valence-electron chi connectivity index (χ3n) is 6.18. The maximum Gasteiger partial charge on any atom is 0.109 e. The van der Waals surface area contributed by atoms with Gasteiger partial charge in [0.05, 0.1) is 43.4 Å². The number of ether oxygens (including phenoxy) is 2. The number of aliphatic imine (C=N–C) groups is 2. The van der Waals surface area contributed by atoms with Crippen molar-refractivity contribution in [2.45, 2.75) is 76.0 Å². The smallest absolute Gasteiger partial charge is 0.109 e. The van der Waals surface area contributed by atoms with Gasteiger partial charge in [0.15, 0.2) is 0 Å². The summed E-state index contributed by atoms with van der Waals surface area (Å²) < 4.78 is 13.0. The molecule has 4 nitrogen and oxygen atoms in total. The second-order valence-electron chi connectivity index (χ2n) is 10.1. The Morgan fingerprint density at radius 3 is 1.32 bits per heavy atom. The van der Waals surface area contributed by atoms with Gasteiger partial charge in [-0.2, -0.15) is 0 Å². The summed E-state index contributed by atoms with van der Waals surface area (Å²) in [7, 11) is 0. The van der Waals surface area contributed by atoms with E-state index in [2.05, 4.69) is 27.7 Å². The van der Waals surface area contributed by atoms with Crippen LogP contribution in [0.15, 0.2) is 46.4 Å². The van der Waals surface area contributed by atoms with E-state index in [1.165, 1.54) is 0 Å². The van der Waals surface area contributed by atoms with Crippen molar-refractivity contribution in [1.82, 2.24) is 0 Å². The number of halogens is 4. The maximum atomic E-state index is 6.49. The van der Waals surface area contributed by atoms with Crippen molar-refractivity contribution in [2.24, 2.45) is 9.98 Å². The third kappa shape index (κ3) is 5.80. The molecule has 2 fully saturated rings. The first-order valence-corrected chi connectivity index (χ1v) is 12.8. The van der Waals surface area contributed by atoms with Gasteiger partial charge in [0.25, 0.3) is 0 Å². The average Bonchev–Trinajstić information content (AvgIpc) is 3.21. The summed E-state index contributed by atoms with van der Waals surface area (Å²) in [4.78, 5) is 9.74. The van der Waals surface area contributed by atoms with E-state index in [-0.39, 0.29) is 35.5 Å². The summed E-state index contributed by atoms with van der Waals surface area (Å²) >= 11 is 25.4. The maximum absolute atomic E-state index is 6.49. The molecular weight excluding hydrogens is 514 g/mol. The van der Waals surface area contributed by atoms with Crippen LogP contribution in [0.25, 0.3) is 0 Å². The zero-order valence-corrected chi connectivity index (χ0v) is 22.6. The van der Waals surface area contributed by atoms with Crippen LogP contribution < -0.4 is 0 Å². The van der Waals surface area contributed by atoms with Gasteiger partial charge in [0, 0.05) is 36.4 Å². The first-order chi connectivity index (χ1) is 16.0. The minimum Gasteiger partial charge on any atom is -0.367 e. The SMILES string of the molecule is CC1(C)CC(N=Cc2c(Cl)cccc2Cl)[C@H]([C@@H]2OC(C)(C)CC2N=Cc2c(Cl)cccc2Cl)O1.